The average molecular weight is 444 g/mol. The van der Waals surface area contributed by atoms with Gasteiger partial charge in [0.1, 0.15) is 12.4 Å². The molecule has 0 aliphatic carbocycles. The van der Waals surface area contributed by atoms with Gasteiger partial charge < -0.3 is 20.8 Å². The maximum Gasteiger partial charge on any atom is 0.257 e. The largest absolute Gasteiger partial charge is 0.491 e. The third-order valence-corrected chi connectivity index (χ3v) is 5.48. The number of pyridine rings is 1. The summed E-state index contributed by atoms with van der Waals surface area (Å²) in [6, 6.07) is 8.86. The molecule has 2 aromatic rings. The first-order valence-corrected chi connectivity index (χ1v) is 10.8. The Labute approximate surface area is 188 Å². The first-order valence-electron chi connectivity index (χ1n) is 10.4. The fraction of sp³-hybridized carbons (Fsp3) is 0.391. The van der Waals surface area contributed by atoms with Crippen LogP contribution in [0.2, 0.25) is 0 Å². The van der Waals surface area contributed by atoms with Gasteiger partial charge in [0.2, 0.25) is 0 Å². The third-order valence-electron chi connectivity index (χ3n) is 4.97. The molecule has 1 unspecified atom stereocenters. The molecule has 0 saturated heterocycles. The molecule has 7 nitrogen and oxygen atoms in total. The zero-order valence-electron chi connectivity index (χ0n) is 18.4. The number of rotatable bonds is 8. The number of ether oxygens (including phenoxy) is 1. The Morgan fingerprint density at radius 3 is 2.77 bits per heavy atom. The number of nitrogens with zero attached hydrogens (tertiary/aromatic N) is 2. The van der Waals surface area contributed by atoms with Crippen molar-refractivity contribution in [2.24, 2.45) is 11.7 Å². The van der Waals surface area contributed by atoms with E-state index in [1.165, 1.54) is 6.20 Å². The van der Waals surface area contributed by atoms with Gasteiger partial charge in [0.05, 0.1) is 22.3 Å². The summed E-state index contributed by atoms with van der Waals surface area (Å²) in [6.07, 6.45) is 4.03. The number of amides is 1. The fourth-order valence-electron chi connectivity index (χ4n) is 3.58. The first-order chi connectivity index (χ1) is 14.8. The molecule has 0 bridgehead atoms. The van der Waals surface area contributed by atoms with Gasteiger partial charge in [-0.2, -0.15) is 0 Å². The van der Waals surface area contributed by atoms with E-state index in [4.69, 9.17) is 22.1 Å². The Hall–Kier alpha value is -2.61. The van der Waals surface area contributed by atoms with E-state index in [-0.39, 0.29) is 18.0 Å². The topological polar surface area (TPSA) is 92.5 Å². The number of hydrogen-bond donors (Lipinski definition) is 3. The molecular weight excluding hydrogens is 414 g/mol. The summed E-state index contributed by atoms with van der Waals surface area (Å²) in [5.41, 5.74) is 12.2. The second kappa shape index (κ2) is 10.1. The number of benzene rings is 1. The predicted molar refractivity (Wildman–Crippen MR) is 125 cm³/mol. The van der Waals surface area contributed by atoms with Crippen LogP contribution in [0.25, 0.3) is 5.70 Å². The van der Waals surface area contributed by atoms with E-state index < -0.39 is 0 Å². The van der Waals surface area contributed by atoms with Crippen LogP contribution in [-0.4, -0.2) is 41.6 Å². The van der Waals surface area contributed by atoms with Gasteiger partial charge >= 0.3 is 0 Å². The maximum absolute atomic E-state index is 12.6. The van der Waals surface area contributed by atoms with Gasteiger partial charge in [0, 0.05) is 36.7 Å². The van der Waals surface area contributed by atoms with E-state index in [9.17, 15) is 4.79 Å². The third kappa shape index (κ3) is 5.76. The van der Waals surface area contributed by atoms with Crippen molar-refractivity contribution >= 4 is 28.9 Å². The van der Waals surface area contributed by atoms with Gasteiger partial charge in [0.15, 0.2) is 0 Å². The Balaban J connectivity index is 1.89. The lowest BCUT2D eigenvalue weighted by Crippen LogP contribution is -2.32. The number of nitrogens with two attached hydrogens (primary N) is 1. The molecule has 2 heterocycles. The quantitative estimate of drug-likeness (QED) is 0.574. The molecule has 8 heteroatoms. The summed E-state index contributed by atoms with van der Waals surface area (Å²) in [6.45, 7) is 6.65. The fourth-order valence-corrected chi connectivity index (χ4v) is 3.85. The van der Waals surface area contributed by atoms with Crippen molar-refractivity contribution in [3.05, 3.63) is 58.9 Å². The van der Waals surface area contributed by atoms with Crippen molar-refractivity contribution < 1.29 is 9.53 Å². The molecule has 1 aliphatic rings. The van der Waals surface area contributed by atoms with Crippen molar-refractivity contribution in [2.45, 2.75) is 39.3 Å². The molecule has 31 heavy (non-hydrogen) atoms. The molecule has 0 saturated carbocycles. The Morgan fingerprint density at radius 2 is 2.16 bits per heavy atom. The SMILES string of the molecule is CC(C)C[C@@H](N)COc1ccc(NC(=O)c2cccnc2)cc1C1=C(Cl)C(C)NN1C. The van der Waals surface area contributed by atoms with Crippen LogP contribution in [0.5, 0.6) is 5.75 Å². The van der Waals surface area contributed by atoms with Gasteiger partial charge in [-0.25, -0.2) is 5.43 Å². The van der Waals surface area contributed by atoms with Gasteiger partial charge in [0.25, 0.3) is 5.91 Å². The predicted octanol–water partition coefficient (Wildman–Crippen LogP) is 3.83. The molecule has 1 amide bonds. The van der Waals surface area contributed by atoms with Crippen molar-refractivity contribution in [1.82, 2.24) is 15.4 Å². The second-order valence-electron chi connectivity index (χ2n) is 8.21. The van der Waals surface area contributed by atoms with Crippen molar-refractivity contribution in [1.29, 1.82) is 0 Å². The Bertz CT molecular complexity index is 948. The summed E-state index contributed by atoms with van der Waals surface area (Å²) in [5, 5.41) is 5.46. The van der Waals surface area contributed by atoms with E-state index in [0.29, 0.717) is 34.6 Å². The molecule has 0 fully saturated rings. The number of aromatic nitrogens is 1. The molecule has 166 valence electrons. The zero-order chi connectivity index (χ0) is 22.5. The highest BCUT2D eigenvalue weighted by Gasteiger charge is 2.28. The number of carbonyl (C=O) groups is 1. The average Bonchev–Trinajstić information content (AvgIpc) is 2.98. The van der Waals surface area contributed by atoms with Crippen LogP contribution in [0.4, 0.5) is 5.69 Å². The second-order valence-corrected chi connectivity index (χ2v) is 8.62. The summed E-state index contributed by atoms with van der Waals surface area (Å²) in [7, 11) is 1.90. The number of carbonyl (C=O) groups excluding carboxylic acids is 1. The molecule has 4 N–H and O–H groups in total. The van der Waals surface area contributed by atoms with Gasteiger partial charge in [-0.3, -0.25) is 9.78 Å². The molecular formula is C23H30ClN5O2. The maximum atomic E-state index is 12.6. The number of hydrazine groups is 1. The van der Waals surface area contributed by atoms with Crippen molar-refractivity contribution in [3.8, 4) is 5.75 Å². The molecule has 3 rings (SSSR count). The van der Waals surface area contributed by atoms with Crippen LogP contribution in [-0.2, 0) is 0 Å². The molecule has 2 atom stereocenters. The lowest BCUT2D eigenvalue weighted by atomic mass is 10.1. The first kappa shape index (κ1) is 23.1. The minimum atomic E-state index is -0.238. The highest BCUT2D eigenvalue weighted by molar-refractivity contribution is 6.33. The zero-order valence-corrected chi connectivity index (χ0v) is 19.1. The summed E-state index contributed by atoms with van der Waals surface area (Å²) < 4.78 is 6.09. The van der Waals surface area contributed by atoms with Crippen LogP contribution in [0, 0.1) is 5.92 Å². The number of anilines is 1. The highest BCUT2D eigenvalue weighted by Crippen LogP contribution is 2.37. The Morgan fingerprint density at radius 1 is 1.39 bits per heavy atom. The van der Waals surface area contributed by atoms with Gasteiger partial charge in [-0.05, 0) is 49.6 Å². The minimum absolute atomic E-state index is 0.0219. The number of hydrogen-bond acceptors (Lipinski definition) is 6. The van der Waals surface area contributed by atoms with Crippen LogP contribution in [0.3, 0.4) is 0 Å². The van der Waals surface area contributed by atoms with Crippen molar-refractivity contribution in [2.75, 3.05) is 19.0 Å². The van der Waals surface area contributed by atoms with E-state index in [2.05, 4.69) is 29.6 Å². The van der Waals surface area contributed by atoms with E-state index in [0.717, 1.165) is 17.7 Å². The smallest absolute Gasteiger partial charge is 0.257 e. The standard InChI is InChI=1S/C23H30ClN5O2/c1-14(2)10-17(25)13-31-20-8-7-18(27-23(30)16-6-5-9-26-12-16)11-19(20)22-21(24)15(3)28-29(22)4/h5-9,11-12,14-15,17,28H,10,13,25H2,1-4H3,(H,27,30)/t15?,17-/m1/s1. The van der Waals surface area contributed by atoms with Crippen LogP contribution in [0.1, 0.15) is 43.1 Å². The van der Waals surface area contributed by atoms with E-state index >= 15 is 0 Å². The molecule has 0 spiro atoms. The molecule has 1 aromatic carbocycles. The lowest BCUT2D eigenvalue weighted by Gasteiger charge is -2.22. The van der Waals surface area contributed by atoms with Crippen LogP contribution < -0.4 is 21.2 Å². The lowest BCUT2D eigenvalue weighted by molar-refractivity contribution is 0.102. The Kier molecular flexibility index (Phi) is 7.54. The summed E-state index contributed by atoms with van der Waals surface area (Å²) in [4.78, 5) is 16.6. The molecule has 1 aliphatic heterocycles. The minimum Gasteiger partial charge on any atom is -0.491 e. The number of nitrogens with one attached hydrogen (secondary N) is 2. The number of halogens is 1. The van der Waals surface area contributed by atoms with E-state index in [1.807, 2.05) is 31.1 Å². The molecule has 1 aromatic heterocycles. The van der Waals surface area contributed by atoms with E-state index in [1.54, 1.807) is 24.4 Å². The summed E-state index contributed by atoms with van der Waals surface area (Å²) >= 11 is 6.62. The highest BCUT2D eigenvalue weighted by atomic mass is 35.5. The summed E-state index contributed by atoms with van der Waals surface area (Å²) in [5.74, 6) is 0.916. The molecule has 0 radical (unpaired) electrons. The van der Waals surface area contributed by atoms with Crippen LogP contribution >= 0.6 is 11.6 Å². The monoisotopic (exact) mass is 443 g/mol. The normalized spacial score (nSPS) is 17.3. The van der Waals surface area contributed by atoms with Gasteiger partial charge in [-0.1, -0.05) is 25.4 Å². The van der Waals surface area contributed by atoms with Crippen LogP contribution in [0.15, 0.2) is 47.8 Å². The van der Waals surface area contributed by atoms with Crippen molar-refractivity contribution in [3.63, 3.8) is 0 Å². The van der Waals surface area contributed by atoms with Gasteiger partial charge in [-0.15, -0.1) is 0 Å².